The number of nitrogens with zero attached hydrogens (tertiary/aromatic N) is 6. The number of tetrazole rings is 1. The van der Waals surface area contributed by atoms with E-state index >= 15 is 4.39 Å². The highest BCUT2D eigenvalue weighted by molar-refractivity contribution is 5.27. The van der Waals surface area contributed by atoms with Crippen LogP contribution in [0.1, 0.15) is 61.1 Å². The maximum atomic E-state index is 15.0. The Bertz CT molecular complexity index is 992. The van der Waals surface area contributed by atoms with Gasteiger partial charge in [0.05, 0.1) is 6.04 Å². The summed E-state index contributed by atoms with van der Waals surface area (Å²) < 4.78 is 17.0. The molecule has 7 heteroatoms. The summed E-state index contributed by atoms with van der Waals surface area (Å²) in [5.74, 6) is 0.584. The maximum Gasteiger partial charge on any atom is 0.173 e. The van der Waals surface area contributed by atoms with Crippen LogP contribution in [-0.4, -0.2) is 56.2 Å². The van der Waals surface area contributed by atoms with Crippen LogP contribution in [0.15, 0.2) is 54.6 Å². The molecule has 1 saturated heterocycles. The molecule has 168 valence electrons. The van der Waals surface area contributed by atoms with Crippen LogP contribution in [0.4, 0.5) is 4.39 Å². The predicted molar refractivity (Wildman–Crippen MR) is 121 cm³/mol. The monoisotopic (exact) mass is 434 g/mol. The van der Waals surface area contributed by atoms with E-state index in [1.54, 1.807) is 12.1 Å². The molecule has 2 heterocycles. The minimum Gasteiger partial charge on any atom is -0.297 e. The summed E-state index contributed by atoms with van der Waals surface area (Å²) in [6.07, 6.45) is 5.85. The van der Waals surface area contributed by atoms with Crippen molar-refractivity contribution in [1.29, 1.82) is 0 Å². The normalized spacial score (nSPS) is 19.8. The summed E-state index contributed by atoms with van der Waals surface area (Å²) in [6.45, 7) is 4.52. The van der Waals surface area contributed by atoms with Gasteiger partial charge in [-0.05, 0) is 34.9 Å². The average molecular weight is 435 g/mol. The van der Waals surface area contributed by atoms with Gasteiger partial charge in [-0.25, -0.2) is 9.07 Å². The molecule has 3 aromatic rings. The number of piperazine rings is 1. The minimum atomic E-state index is -0.271. The molecule has 0 amide bonds. The molecule has 0 N–H and O–H groups in total. The predicted octanol–water partition coefficient (Wildman–Crippen LogP) is 4.22. The van der Waals surface area contributed by atoms with Gasteiger partial charge in [-0.2, -0.15) is 0 Å². The van der Waals surface area contributed by atoms with Crippen LogP contribution in [0.5, 0.6) is 0 Å². The second-order valence-corrected chi connectivity index (χ2v) is 9.00. The molecule has 1 aliphatic carbocycles. The van der Waals surface area contributed by atoms with E-state index in [0.717, 1.165) is 51.4 Å². The lowest BCUT2D eigenvalue weighted by atomic mass is 9.95. The zero-order chi connectivity index (χ0) is 21.8. The first-order valence-electron chi connectivity index (χ1n) is 11.8. The Hall–Kier alpha value is -2.64. The Labute approximate surface area is 189 Å². The van der Waals surface area contributed by atoms with Crippen molar-refractivity contribution in [3.8, 4) is 0 Å². The Morgan fingerprint density at radius 1 is 0.875 bits per heavy atom. The van der Waals surface area contributed by atoms with Gasteiger partial charge in [-0.3, -0.25) is 9.80 Å². The van der Waals surface area contributed by atoms with Crippen LogP contribution in [0.25, 0.3) is 0 Å². The van der Waals surface area contributed by atoms with Crippen LogP contribution in [0.2, 0.25) is 0 Å². The number of rotatable bonds is 6. The van der Waals surface area contributed by atoms with Crippen LogP contribution in [0, 0.1) is 5.82 Å². The molecule has 2 fully saturated rings. The molecule has 32 heavy (non-hydrogen) atoms. The van der Waals surface area contributed by atoms with Gasteiger partial charge in [0, 0.05) is 38.3 Å². The highest BCUT2D eigenvalue weighted by Crippen LogP contribution is 2.34. The van der Waals surface area contributed by atoms with E-state index in [1.165, 1.54) is 24.8 Å². The van der Waals surface area contributed by atoms with Crippen molar-refractivity contribution < 1.29 is 4.39 Å². The molecule has 2 aliphatic rings. The Kier molecular flexibility index (Phi) is 6.55. The zero-order valence-corrected chi connectivity index (χ0v) is 18.5. The minimum absolute atomic E-state index is 0.192. The van der Waals surface area contributed by atoms with Gasteiger partial charge in [-0.15, -0.1) is 5.10 Å². The first-order valence-corrected chi connectivity index (χ1v) is 11.8. The second kappa shape index (κ2) is 9.88. The molecule has 1 aromatic heterocycles. The quantitative estimate of drug-likeness (QED) is 0.581. The van der Waals surface area contributed by atoms with Gasteiger partial charge in [0.15, 0.2) is 5.82 Å². The third-order valence-electron chi connectivity index (χ3n) is 6.90. The van der Waals surface area contributed by atoms with Crippen LogP contribution in [-0.2, 0) is 6.54 Å². The number of benzene rings is 2. The van der Waals surface area contributed by atoms with Gasteiger partial charge in [0.1, 0.15) is 11.9 Å². The Morgan fingerprint density at radius 3 is 2.34 bits per heavy atom. The fourth-order valence-corrected chi connectivity index (χ4v) is 5.18. The summed E-state index contributed by atoms with van der Waals surface area (Å²) in [6, 6.07) is 17.7. The standard InChI is InChI=1S/C25H31FN6/c26-23-14-8-7-13-22(23)24(25-27-28-29-32(25)21-11-5-2-6-12-21)31-17-15-30(16-18-31)19-20-9-3-1-4-10-20/h1,3-4,7-10,13-14,21,24H,2,5-6,11-12,15-19H2/t24-/m0/s1. The molecular weight excluding hydrogens is 403 g/mol. The van der Waals surface area contributed by atoms with Gasteiger partial charge in [0.25, 0.3) is 0 Å². The molecule has 1 saturated carbocycles. The summed E-state index contributed by atoms with van der Waals surface area (Å²) in [5.41, 5.74) is 1.99. The van der Waals surface area contributed by atoms with Crippen LogP contribution < -0.4 is 0 Å². The molecular formula is C25H31FN6. The number of aromatic nitrogens is 4. The number of halogens is 1. The molecule has 1 atom stereocenters. The average Bonchev–Trinajstić information content (AvgIpc) is 3.32. The third kappa shape index (κ3) is 4.59. The van der Waals surface area contributed by atoms with E-state index in [2.05, 4.69) is 55.7 Å². The first-order chi connectivity index (χ1) is 15.8. The van der Waals surface area contributed by atoms with Gasteiger partial charge >= 0.3 is 0 Å². The molecule has 0 radical (unpaired) electrons. The van der Waals surface area contributed by atoms with E-state index in [4.69, 9.17) is 0 Å². The molecule has 1 aliphatic heterocycles. The topological polar surface area (TPSA) is 50.1 Å². The van der Waals surface area contributed by atoms with E-state index in [-0.39, 0.29) is 11.9 Å². The Morgan fingerprint density at radius 2 is 1.59 bits per heavy atom. The lowest BCUT2D eigenvalue weighted by Crippen LogP contribution is -2.48. The highest BCUT2D eigenvalue weighted by Gasteiger charge is 2.34. The van der Waals surface area contributed by atoms with Crippen molar-refractivity contribution in [2.45, 2.75) is 50.7 Å². The van der Waals surface area contributed by atoms with E-state index in [0.29, 0.717) is 11.6 Å². The van der Waals surface area contributed by atoms with Crippen LogP contribution >= 0.6 is 0 Å². The van der Waals surface area contributed by atoms with Crippen molar-refractivity contribution in [2.75, 3.05) is 26.2 Å². The highest BCUT2D eigenvalue weighted by atomic mass is 19.1. The third-order valence-corrected chi connectivity index (χ3v) is 6.90. The van der Waals surface area contributed by atoms with E-state index in [1.807, 2.05) is 16.8 Å². The maximum absolute atomic E-state index is 15.0. The Balaban J connectivity index is 1.39. The lowest BCUT2D eigenvalue weighted by Gasteiger charge is -2.39. The molecule has 5 rings (SSSR count). The van der Waals surface area contributed by atoms with Crippen molar-refractivity contribution in [3.63, 3.8) is 0 Å². The number of hydrogen-bond donors (Lipinski definition) is 0. The lowest BCUT2D eigenvalue weighted by molar-refractivity contribution is 0.0974. The van der Waals surface area contributed by atoms with Crippen molar-refractivity contribution >= 4 is 0 Å². The first kappa shape index (κ1) is 21.2. The summed E-state index contributed by atoms with van der Waals surface area (Å²) >= 11 is 0. The molecule has 0 spiro atoms. The van der Waals surface area contributed by atoms with Gasteiger partial charge < -0.3 is 0 Å². The summed E-state index contributed by atoms with van der Waals surface area (Å²) in [4.78, 5) is 4.82. The second-order valence-electron chi connectivity index (χ2n) is 9.00. The van der Waals surface area contributed by atoms with Crippen LogP contribution in [0.3, 0.4) is 0 Å². The van der Waals surface area contributed by atoms with Crippen molar-refractivity contribution in [2.24, 2.45) is 0 Å². The van der Waals surface area contributed by atoms with Gasteiger partial charge in [-0.1, -0.05) is 67.8 Å². The fourth-order valence-electron chi connectivity index (χ4n) is 5.18. The number of hydrogen-bond acceptors (Lipinski definition) is 5. The molecule has 2 aromatic carbocycles. The molecule has 0 bridgehead atoms. The largest absolute Gasteiger partial charge is 0.297 e. The fraction of sp³-hybridized carbons (Fsp3) is 0.480. The van der Waals surface area contributed by atoms with Crippen molar-refractivity contribution in [3.05, 3.63) is 77.4 Å². The molecule has 0 unspecified atom stereocenters. The van der Waals surface area contributed by atoms with E-state index < -0.39 is 0 Å². The smallest absolute Gasteiger partial charge is 0.173 e. The van der Waals surface area contributed by atoms with Crippen molar-refractivity contribution in [1.82, 2.24) is 30.0 Å². The summed E-state index contributed by atoms with van der Waals surface area (Å²) in [7, 11) is 0. The van der Waals surface area contributed by atoms with E-state index in [9.17, 15) is 0 Å². The van der Waals surface area contributed by atoms with Gasteiger partial charge in [0.2, 0.25) is 0 Å². The molecule has 6 nitrogen and oxygen atoms in total. The zero-order valence-electron chi connectivity index (χ0n) is 18.5. The SMILES string of the molecule is Fc1ccccc1[C@@H](c1nnnn1C1CCCCC1)N1CCN(Cc2ccccc2)CC1. The summed E-state index contributed by atoms with van der Waals surface area (Å²) in [5, 5.41) is 12.9.